The van der Waals surface area contributed by atoms with Crippen LogP contribution in [0.15, 0.2) is 47.4 Å². The number of morpholine rings is 1. The van der Waals surface area contributed by atoms with Crippen molar-refractivity contribution < 1.29 is 17.5 Å². The number of halogens is 3. The van der Waals surface area contributed by atoms with Crippen molar-refractivity contribution in [2.45, 2.75) is 10.9 Å². The second kappa shape index (κ2) is 8.86. The zero-order chi connectivity index (χ0) is 19.4. The standard InChI is InChI=1S/C18H19Cl2FN2O3S/c19-14-3-6-16(20)18(11-14)27(24,25)22-12-17(23-7-9-26-10-8-23)13-1-4-15(21)5-2-13/h1-6,11,17,22H,7-10,12H2. The fourth-order valence-corrected chi connectivity index (χ4v) is 4.78. The summed E-state index contributed by atoms with van der Waals surface area (Å²) in [5.41, 5.74) is 0.818. The van der Waals surface area contributed by atoms with Crippen molar-refractivity contribution in [1.29, 1.82) is 0 Å². The van der Waals surface area contributed by atoms with Gasteiger partial charge in [-0.3, -0.25) is 4.90 Å². The molecule has 5 nitrogen and oxygen atoms in total. The van der Waals surface area contributed by atoms with E-state index in [9.17, 15) is 12.8 Å². The fourth-order valence-electron chi connectivity index (χ4n) is 2.98. The Morgan fingerprint density at radius 2 is 1.78 bits per heavy atom. The Morgan fingerprint density at radius 1 is 1.11 bits per heavy atom. The predicted octanol–water partition coefficient (Wildman–Crippen LogP) is 3.48. The van der Waals surface area contributed by atoms with Gasteiger partial charge in [-0.05, 0) is 35.9 Å². The van der Waals surface area contributed by atoms with E-state index in [1.165, 1.54) is 30.3 Å². The van der Waals surface area contributed by atoms with Gasteiger partial charge in [0.05, 0.1) is 18.2 Å². The number of rotatable bonds is 6. The van der Waals surface area contributed by atoms with Gasteiger partial charge in [-0.15, -0.1) is 0 Å². The van der Waals surface area contributed by atoms with Gasteiger partial charge in [0, 0.05) is 30.7 Å². The predicted molar refractivity (Wildman–Crippen MR) is 103 cm³/mol. The Kier molecular flexibility index (Phi) is 6.73. The molecule has 1 aliphatic rings. The average molecular weight is 433 g/mol. The number of nitrogens with zero attached hydrogens (tertiary/aromatic N) is 1. The van der Waals surface area contributed by atoms with Gasteiger partial charge in [0.1, 0.15) is 10.7 Å². The molecule has 1 unspecified atom stereocenters. The molecule has 0 bridgehead atoms. The smallest absolute Gasteiger partial charge is 0.242 e. The monoisotopic (exact) mass is 432 g/mol. The van der Waals surface area contributed by atoms with Crippen LogP contribution >= 0.6 is 23.2 Å². The van der Waals surface area contributed by atoms with Gasteiger partial charge in [-0.25, -0.2) is 17.5 Å². The molecule has 1 heterocycles. The average Bonchev–Trinajstić information content (AvgIpc) is 2.66. The number of hydrogen-bond acceptors (Lipinski definition) is 4. The number of nitrogens with one attached hydrogen (secondary N) is 1. The first-order chi connectivity index (χ1) is 12.9. The molecular weight excluding hydrogens is 414 g/mol. The van der Waals surface area contributed by atoms with Gasteiger partial charge in [0.15, 0.2) is 0 Å². The molecule has 1 saturated heterocycles. The highest BCUT2D eigenvalue weighted by Gasteiger charge is 2.26. The first-order valence-corrected chi connectivity index (χ1v) is 10.6. The Hall–Kier alpha value is -1.22. The number of sulfonamides is 1. The topological polar surface area (TPSA) is 58.6 Å². The normalized spacial score (nSPS) is 17.0. The summed E-state index contributed by atoms with van der Waals surface area (Å²) < 4.78 is 46.7. The summed E-state index contributed by atoms with van der Waals surface area (Å²) in [4.78, 5) is 2.04. The van der Waals surface area contributed by atoms with E-state index in [1.54, 1.807) is 12.1 Å². The Morgan fingerprint density at radius 3 is 2.44 bits per heavy atom. The summed E-state index contributed by atoms with van der Waals surface area (Å²) in [5, 5.41) is 0.375. The second-order valence-corrected chi connectivity index (χ2v) is 8.72. The summed E-state index contributed by atoms with van der Waals surface area (Å²) in [6.45, 7) is 2.54. The minimum absolute atomic E-state index is 0.0727. The molecule has 1 N–H and O–H groups in total. The van der Waals surface area contributed by atoms with Crippen LogP contribution in [0.2, 0.25) is 10.0 Å². The van der Waals surface area contributed by atoms with Gasteiger partial charge in [0.2, 0.25) is 10.0 Å². The van der Waals surface area contributed by atoms with Crippen molar-refractivity contribution in [2.75, 3.05) is 32.8 Å². The molecular formula is C18H19Cl2FN2O3S. The second-order valence-electron chi connectivity index (χ2n) is 6.14. The Balaban J connectivity index is 1.83. The molecule has 0 saturated carbocycles. The van der Waals surface area contributed by atoms with Crippen LogP contribution in [0.25, 0.3) is 0 Å². The fraction of sp³-hybridized carbons (Fsp3) is 0.333. The molecule has 1 aliphatic heterocycles. The first-order valence-electron chi connectivity index (χ1n) is 8.39. The summed E-state index contributed by atoms with van der Waals surface area (Å²) in [7, 11) is -3.86. The molecule has 0 spiro atoms. The number of benzene rings is 2. The lowest BCUT2D eigenvalue weighted by molar-refractivity contribution is 0.0172. The van der Waals surface area contributed by atoms with Crippen molar-refractivity contribution in [3.05, 3.63) is 63.9 Å². The number of hydrogen-bond donors (Lipinski definition) is 1. The van der Waals surface area contributed by atoms with Gasteiger partial charge < -0.3 is 4.74 Å². The van der Waals surface area contributed by atoms with Crippen LogP contribution in [0, 0.1) is 5.82 Å². The lowest BCUT2D eigenvalue weighted by Gasteiger charge is -2.35. The molecule has 1 atom stereocenters. The summed E-state index contributed by atoms with van der Waals surface area (Å²) in [5.74, 6) is -0.342. The van der Waals surface area contributed by atoms with E-state index in [1.807, 2.05) is 0 Å². The maximum absolute atomic E-state index is 13.3. The van der Waals surface area contributed by atoms with Crippen molar-refractivity contribution >= 4 is 33.2 Å². The van der Waals surface area contributed by atoms with Crippen molar-refractivity contribution in [2.24, 2.45) is 0 Å². The SMILES string of the molecule is O=S(=O)(NCC(c1ccc(F)cc1)N1CCOCC1)c1cc(Cl)ccc1Cl. The summed E-state index contributed by atoms with van der Waals surface area (Å²) in [6, 6.07) is 10.1. The van der Waals surface area contributed by atoms with Crippen molar-refractivity contribution in [1.82, 2.24) is 9.62 Å². The maximum Gasteiger partial charge on any atom is 0.242 e. The minimum atomic E-state index is -3.86. The summed E-state index contributed by atoms with van der Waals surface area (Å²) in [6.07, 6.45) is 0. The van der Waals surface area contributed by atoms with E-state index in [-0.39, 0.29) is 33.3 Å². The molecule has 2 aromatic rings. The summed E-state index contributed by atoms with van der Waals surface area (Å²) >= 11 is 11.9. The van der Waals surface area contributed by atoms with E-state index in [0.717, 1.165) is 5.56 Å². The third-order valence-electron chi connectivity index (χ3n) is 4.39. The van der Waals surface area contributed by atoms with Gasteiger partial charge in [-0.2, -0.15) is 0 Å². The Bertz CT molecular complexity index is 888. The van der Waals surface area contributed by atoms with Crippen molar-refractivity contribution in [3.63, 3.8) is 0 Å². The number of ether oxygens (including phenoxy) is 1. The highest BCUT2D eigenvalue weighted by Crippen LogP contribution is 2.26. The zero-order valence-electron chi connectivity index (χ0n) is 14.4. The van der Waals surface area contributed by atoms with Crippen LogP contribution in [-0.4, -0.2) is 46.2 Å². The van der Waals surface area contributed by atoms with Crippen LogP contribution in [0.1, 0.15) is 11.6 Å². The van der Waals surface area contributed by atoms with Crippen LogP contribution < -0.4 is 4.72 Å². The molecule has 0 radical (unpaired) electrons. The highest BCUT2D eigenvalue weighted by molar-refractivity contribution is 7.89. The molecule has 2 aromatic carbocycles. The molecule has 3 rings (SSSR count). The quantitative estimate of drug-likeness (QED) is 0.758. The van der Waals surface area contributed by atoms with Crippen LogP contribution in [0.5, 0.6) is 0 Å². The minimum Gasteiger partial charge on any atom is -0.379 e. The molecule has 0 aromatic heterocycles. The van der Waals surface area contributed by atoms with Gasteiger partial charge >= 0.3 is 0 Å². The molecule has 0 amide bonds. The highest BCUT2D eigenvalue weighted by atomic mass is 35.5. The first kappa shape index (κ1) is 20.5. The third kappa shape index (κ3) is 5.19. The van der Waals surface area contributed by atoms with Crippen molar-refractivity contribution in [3.8, 4) is 0 Å². The Labute approximate surface area is 168 Å². The zero-order valence-corrected chi connectivity index (χ0v) is 16.7. The third-order valence-corrected chi connectivity index (χ3v) is 6.53. The molecule has 1 fully saturated rings. The van der Waals surface area contributed by atoms with E-state index in [4.69, 9.17) is 27.9 Å². The van der Waals surface area contributed by atoms with E-state index in [0.29, 0.717) is 26.3 Å². The van der Waals surface area contributed by atoms with E-state index >= 15 is 0 Å². The van der Waals surface area contributed by atoms with Gasteiger partial charge in [0.25, 0.3) is 0 Å². The maximum atomic E-state index is 13.3. The molecule has 0 aliphatic carbocycles. The lowest BCUT2D eigenvalue weighted by Crippen LogP contribution is -2.43. The van der Waals surface area contributed by atoms with Gasteiger partial charge in [-0.1, -0.05) is 35.3 Å². The van der Waals surface area contributed by atoms with Crippen LogP contribution in [-0.2, 0) is 14.8 Å². The van der Waals surface area contributed by atoms with Crippen LogP contribution in [0.4, 0.5) is 4.39 Å². The molecule has 9 heteroatoms. The van der Waals surface area contributed by atoms with Crippen LogP contribution in [0.3, 0.4) is 0 Å². The molecule has 27 heavy (non-hydrogen) atoms. The van der Waals surface area contributed by atoms with E-state index < -0.39 is 10.0 Å². The van der Waals surface area contributed by atoms with E-state index in [2.05, 4.69) is 9.62 Å². The molecule has 146 valence electrons. The lowest BCUT2D eigenvalue weighted by atomic mass is 10.0. The largest absolute Gasteiger partial charge is 0.379 e.